The smallest absolute Gasteiger partial charge is 0.306 e. The van der Waals surface area contributed by atoms with Crippen LogP contribution in [0.2, 0.25) is 0 Å². The zero-order valence-corrected chi connectivity index (χ0v) is 20.2. The van der Waals surface area contributed by atoms with Crippen LogP contribution in [-0.4, -0.2) is 31.9 Å². The van der Waals surface area contributed by atoms with Crippen molar-refractivity contribution in [3.63, 3.8) is 0 Å². The Bertz CT molecular complexity index is 1320. The summed E-state index contributed by atoms with van der Waals surface area (Å²) >= 11 is 0. The molecule has 0 unspecified atom stereocenters. The van der Waals surface area contributed by atoms with E-state index in [1.807, 2.05) is 55.6 Å². The monoisotopic (exact) mass is 483 g/mol. The molecular weight excluding hydrogens is 454 g/mol. The highest BCUT2D eigenvalue weighted by molar-refractivity contribution is 5.70. The quantitative estimate of drug-likeness (QED) is 0.343. The fourth-order valence-corrected chi connectivity index (χ4v) is 4.67. The highest BCUT2D eigenvalue weighted by Gasteiger charge is 2.28. The van der Waals surface area contributed by atoms with E-state index in [2.05, 4.69) is 28.3 Å². The summed E-state index contributed by atoms with van der Waals surface area (Å²) in [4.78, 5) is 15.9. The molecule has 2 aromatic heterocycles. The van der Waals surface area contributed by atoms with Gasteiger partial charge in [0.05, 0.1) is 35.8 Å². The van der Waals surface area contributed by atoms with Crippen LogP contribution in [0, 0.1) is 5.92 Å². The molecule has 5 rings (SSSR count). The number of hydrogen-bond acceptors (Lipinski definition) is 5. The molecule has 36 heavy (non-hydrogen) atoms. The van der Waals surface area contributed by atoms with Crippen LogP contribution in [0.3, 0.4) is 0 Å². The molecule has 1 fully saturated rings. The number of rotatable bonds is 8. The summed E-state index contributed by atoms with van der Waals surface area (Å²) in [6.45, 7) is 0.350. The Hall–Kier alpha value is -4.13. The number of carboxylic acid groups (broad SMARTS) is 1. The van der Waals surface area contributed by atoms with Gasteiger partial charge in [0.2, 0.25) is 0 Å². The van der Waals surface area contributed by atoms with Crippen molar-refractivity contribution >= 4 is 5.97 Å². The molecule has 4 aromatic rings. The number of aliphatic carboxylic acids is 1. The van der Waals surface area contributed by atoms with E-state index < -0.39 is 5.97 Å². The van der Waals surface area contributed by atoms with Crippen molar-refractivity contribution in [1.82, 2.24) is 14.8 Å². The maximum absolute atomic E-state index is 11.3. The number of aromatic nitrogens is 3. The second kappa shape index (κ2) is 10.6. The summed E-state index contributed by atoms with van der Waals surface area (Å²) in [5.41, 5.74) is 4.83. The summed E-state index contributed by atoms with van der Waals surface area (Å²) in [5, 5.41) is 13.7. The first kappa shape index (κ1) is 23.6. The lowest BCUT2D eigenvalue weighted by Gasteiger charge is -2.27. The Labute approximate surface area is 210 Å². The molecule has 2 heterocycles. The van der Waals surface area contributed by atoms with Crippen LogP contribution in [0.15, 0.2) is 79.1 Å². The molecule has 7 nitrogen and oxygen atoms in total. The lowest BCUT2D eigenvalue weighted by atomic mass is 9.87. The van der Waals surface area contributed by atoms with Crippen LogP contribution in [0.1, 0.15) is 31.4 Å². The van der Waals surface area contributed by atoms with Gasteiger partial charge in [-0.2, -0.15) is 5.10 Å². The molecule has 0 radical (unpaired) electrons. The van der Waals surface area contributed by atoms with Crippen LogP contribution in [-0.2, 0) is 18.4 Å². The number of hydrogen-bond donors (Lipinski definition) is 1. The normalized spacial score (nSPS) is 17.5. The summed E-state index contributed by atoms with van der Waals surface area (Å²) < 4.78 is 14.0. The van der Waals surface area contributed by atoms with E-state index in [4.69, 9.17) is 9.47 Å². The highest BCUT2D eigenvalue weighted by Crippen LogP contribution is 2.30. The third-order valence-electron chi connectivity index (χ3n) is 6.67. The predicted octanol–water partition coefficient (Wildman–Crippen LogP) is 5.75. The fourth-order valence-electron chi connectivity index (χ4n) is 4.67. The van der Waals surface area contributed by atoms with Gasteiger partial charge in [-0.25, -0.2) is 0 Å². The van der Waals surface area contributed by atoms with Gasteiger partial charge in [-0.05, 0) is 61.1 Å². The van der Waals surface area contributed by atoms with Crippen molar-refractivity contribution < 1.29 is 19.4 Å². The van der Waals surface area contributed by atoms with Crippen LogP contribution in [0.4, 0.5) is 0 Å². The Kier molecular flexibility index (Phi) is 6.98. The molecule has 0 bridgehead atoms. The molecule has 2 aromatic carbocycles. The molecule has 0 amide bonds. The lowest BCUT2D eigenvalue weighted by molar-refractivity contribution is -0.143. The molecule has 0 aliphatic heterocycles. The van der Waals surface area contributed by atoms with E-state index in [1.54, 1.807) is 17.1 Å². The van der Waals surface area contributed by atoms with Crippen molar-refractivity contribution in [3.05, 3.63) is 84.8 Å². The number of benzene rings is 2. The van der Waals surface area contributed by atoms with Crippen molar-refractivity contribution in [3.8, 4) is 33.9 Å². The summed E-state index contributed by atoms with van der Waals surface area (Å²) in [5.74, 6) is 0.360. The minimum Gasteiger partial charge on any atom is -0.489 e. The summed E-state index contributed by atoms with van der Waals surface area (Å²) in [6.07, 6.45) is 6.37. The summed E-state index contributed by atoms with van der Waals surface area (Å²) in [7, 11) is 1.89. The largest absolute Gasteiger partial charge is 0.489 e. The van der Waals surface area contributed by atoms with E-state index >= 15 is 0 Å². The number of pyridine rings is 1. The van der Waals surface area contributed by atoms with E-state index in [0.29, 0.717) is 18.8 Å². The number of carbonyl (C=O) groups is 1. The van der Waals surface area contributed by atoms with Crippen LogP contribution in [0.5, 0.6) is 11.5 Å². The van der Waals surface area contributed by atoms with Gasteiger partial charge < -0.3 is 14.6 Å². The zero-order chi connectivity index (χ0) is 24.9. The molecular formula is C29H29N3O4. The molecule has 1 aliphatic rings. The summed E-state index contributed by atoms with van der Waals surface area (Å²) in [6, 6.07) is 22.1. The van der Waals surface area contributed by atoms with Gasteiger partial charge in [-0.1, -0.05) is 42.5 Å². The van der Waals surface area contributed by atoms with Gasteiger partial charge in [0.25, 0.3) is 0 Å². The SMILES string of the molecule is Cn1ncc(-c2ccc(O[C@H]3CCC[C@H](C(=O)O)C3)cn2)c1COc1cccc(-c2ccccc2)c1. The molecule has 1 saturated carbocycles. The van der Waals surface area contributed by atoms with Gasteiger partial charge >= 0.3 is 5.97 Å². The van der Waals surface area contributed by atoms with Crippen molar-refractivity contribution in [1.29, 1.82) is 0 Å². The van der Waals surface area contributed by atoms with Gasteiger partial charge in [0, 0.05) is 12.6 Å². The molecule has 1 aliphatic carbocycles. The number of nitrogens with zero attached hydrogens (tertiary/aromatic N) is 3. The van der Waals surface area contributed by atoms with Gasteiger partial charge in [0.1, 0.15) is 18.1 Å². The number of carboxylic acids is 1. The van der Waals surface area contributed by atoms with E-state index in [0.717, 1.165) is 53.1 Å². The van der Waals surface area contributed by atoms with Crippen molar-refractivity contribution in [2.45, 2.75) is 38.4 Å². The topological polar surface area (TPSA) is 86.5 Å². The second-order valence-corrected chi connectivity index (χ2v) is 9.13. The van der Waals surface area contributed by atoms with Crippen molar-refractivity contribution in [2.75, 3.05) is 0 Å². The average molecular weight is 484 g/mol. The lowest BCUT2D eigenvalue weighted by Crippen LogP contribution is -2.29. The number of aryl methyl sites for hydroxylation is 1. The van der Waals surface area contributed by atoms with E-state index in [9.17, 15) is 9.90 Å². The fraction of sp³-hybridized carbons (Fsp3) is 0.276. The van der Waals surface area contributed by atoms with Crippen molar-refractivity contribution in [2.24, 2.45) is 13.0 Å². The van der Waals surface area contributed by atoms with Crippen LogP contribution < -0.4 is 9.47 Å². The first-order valence-electron chi connectivity index (χ1n) is 12.2. The van der Waals surface area contributed by atoms with Gasteiger partial charge in [-0.3, -0.25) is 14.5 Å². The third kappa shape index (κ3) is 5.40. The zero-order valence-electron chi connectivity index (χ0n) is 20.2. The third-order valence-corrected chi connectivity index (χ3v) is 6.67. The Balaban J connectivity index is 1.26. The molecule has 0 saturated heterocycles. The Morgan fingerprint density at radius 3 is 2.61 bits per heavy atom. The average Bonchev–Trinajstić information content (AvgIpc) is 3.29. The number of ether oxygens (including phenoxy) is 2. The van der Waals surface area contributed by atoms with Gasteiger partial charge in [0.15, 0.2) is 0 Å². The standard InChI is InChI=1S/C29H29N3O4/c1-32-28(19-35-23-11-5-9-21(15-23)20-7-3-2-4-8-20)26(18-31-32)27-14-13-25(17-30-27)36-24-12-6-10-22(16-24)29(33)34/h2-5,7-9,11,13-15,17-18,22,24H,6,10,12,16,19H2,1H3,(H,33,34)/t22-,24-/m0/s1. The van der Waals surface area contributed by atoms with E-state index in [-0.39, 0.29) is 12.0 Å². The minimum atomic E-state index is -0.741. The first-order chi connectivity index (χ1) is 17.6. The van der Waals surface area contributed by atoms with Crippen LogP contribution >= 0.6 is 0 Å². The molecule has 1 N–H and O–H groups in total. The molecule has 0 spiro atoms. The predicted molar refractivity (Wildman–Crippen MR) is 137 cm³/mol. The van der Waals surface area contributed by atoms with Crippen LogP contribution in [0.25, 0.3) is 22.4 Å². The first-order valence-corrected chi connectivity index (χ1v) is 12.2. The second-order valence-electron chi connectivity index (χ2n) is 9.13. The molecule has 184 valence electrons. The minimum absolute atomic E-state index is 0.0958. The molecule has 2 atom stereocenters. The van der Waals surface area contributed by atoms with E-state index in [1.165, 1.54) is 0 Å². The highest BCUT2D eigenvalue weighted by atomic mass is 16.5. The maximum atomic E-state index is 11.3. The Morgan fingerprint density at radius 2 is 1.83 bits per heavy atom. The van der Waals surface area contributed by atoms with Gasteiger partial charge in [-0.15, -0.1) is 0 Å². The molecule has 7 heteroatoms. The maximum Gasteiger partial charge on any atom is 0.306 e. The Morgan fingerprint density at radius 1 is 1.00 bits per heavy atom.